The smallest absolute Gasteiger partial charge is 0.309 e. The van der Waals surface area contributed by atoms with E-state index in [1.807, 2.05) is 70.2 Å². The molecule has 2 aromatic carbocycles. The Morgan fingerprint density at radius 3 is 2.26 bits per heavy atom. The van der Waals surface area contributed by atoms with Crippen LogP contribution in [0.15, 0.2) is 73.2 Å². The predicted molar refractivity (Wildman–Crippen MR) is 175 cm³/mol. The van der Waals surface area contributed by atoms with Crippen molar-refractivity contribution in [3.05, 3.63) is 107 Å². The number of halogens is 1. The molecule has 238 valence electrons. The van der Waals surface area contributed by atoms with E-state index in [1.165, 1.54) is 12.3 Å². The lowest BCUT2D eigenvalue weighted by Gasteiger charge is -2.23. The molecule has 0 aliphatic heterocycles. The van der Waals surface area contributed by atoms with Crippen LogP contribution in [0, 0.1) is 23.6 Å². The van der Waals surface area contributed by atoms with E-state index in [4.69, 9.17) is 4.74 Å². The number of aryl methyl sites for hydroxylation is 1. The number of pyridine rings is 1. The van der Waals surface area contributed by atoms with Crippen LogP contribution in [-0.4, -0.2) is 36.4 Å². The van der Waals surface area contributed by atoms with E-state index in [0.717, 1.165) is 22.3 Å². The van der Waals surface area contributed by atoms with Gasteiger partial charge >= 0.3 is 5.97 Å². The second-order valence-corrected chi connectivity index (χ2v) is 13.6. The summed E-state index contributed by atoms with van der Waals surface area (Å²) < 4.78 is 21.6. The number of aromatic nitrogens is 4. The molecule has 0 fully saturated rings. The van der Waals surface area contributed by atoms with Crippen molar-refractivity contribution in [2.24, 2.45) is 10.8 Å². The molecule has 0 amide bonds. The average molecular weight is 623 g/mol. The number of ketones is 1. The summed E-state index contributed by atoms with van der Waals surface area (Å²) in [5.74, 6) is -0.826. The van der Waals surface area contributed by atoms with Crippen molar-refractivity contribution >= 4 is 22.7 Å². The maximum Gasteiger partial charge on any atom is 0.309 e. The number of ether oxygens (including phenoxy) is 1. The molecule has 1 N–H and O–H groups in total. The second kappa shape index (κ2) is 12.8. The van der Waals surface area contributed by atoms with Crippen LogP contribution < -0.4 is 4.74 Å². The van der Waals surface area contributed by atoms with E-state index in [9.17, 15) is 19.1 Å². The fourth-order valence-corrected chi connectivity index (χ4v) is 5.38. The highest BCUT2D eigenvalue weighted by Crippen LogP contribution is 2.37. The Kier molecular flexibility index (Phi) is 9.06. The second-order valence-electron chi connectivity index (χ2n) is 13.6. The number of carboxylic acids is 1. The molecule has 3 heterocycles. The van der Waals surface area contributed by atoms with Crippen molar-refractivity contribution < 1.29 is 23.8 Å². The SMILES string of the molecule is Cc1cnc(COc2ccc3c(c2)c(C(=O)CC(C)(C)C)c(CC(C)(C)C(=O)O)n3Cc2ccc(-c3ccc(F)cn3)cc2)cn1. The molecular weight excluding hydrogens is 583 g/mol. The van der Waals surface area contributed by atoms with Crippen molar-refractivity contribution in [2.45, 2.75) is 67.5 Å². The number of fused-ring (bicyclic) bond motifs is 1. The van der Waals surface area contributed by atoms with E-state index >= 15 is 0 Å². The van der Waals surface area contributed by atoms with Crippen LogP contribution in [0.1, 0.15) is 74.0 Å². The van der Waals surface area contributed by atoms with Gasteiger partial charge in [0, 0.05) is 53.3 Å². The zero-order valence-corrected chi connectivity index (χ0v) is 27.1. The van der Waals surface area contributed by atoms with Crippen LogP contribution in [0.4, 0.5) is 4.39 Å². The number of carbonyl (C=O) groups excluding carboxylic acids is 1. The molecular formula is C37H39FN4O4. The summed E-state index contributed by atoms with van der Waals surface area (Å²) in [6.07, 6.45) is 4.98. The summed E-state index contributed by atoms with van der Waals surface area (Å²) in [6, 6.07) is 16.4. The number of rotatable bonds is 11. The first-order chi connectivity index (χ1) is 21.7. The van der Waals surface area contributed by atoms with E-state index in [2.05, 4.69) is 19.5 Å². The number of benzene rings is 2. The summed E-state index contributed by atoms with van der Waals surface area (Å²) in [6.45, 7) is 11.9. The number of aliphatic carboxylic acids is 1. The molecule has 0 radical (unpaired) electrons. The van der Waals surface area contributed by atoms with Gasteiger partial charge in [0.25, 0.3) is 0 Å². The van der Waals surface area contributed by atoms with Gasteiger partial charge in [-0.05, 0) is 62.1 Å². The lowest BCUT2D eigenvalue weighted by Crippen LogP contribution is -2.28. The van der Waals surface area contributed by atoms with Crippen LogP contribution in [-0.2, 0) is 24.4 Å². The van der Waals surface area contributed by atoms with Gasteiger partial charge in [-0.3, -0.25) is 24.5 Å². The van der Waals surface area contributed by atoms with Crippen LogP contribution >= 0.6 is 0 Å². The van der Waals surface area contributed by atoms with E-state index in [-0.39, 0.29) is 30.6 Å². The van der Waals surface area contributed by atoms with Crippen LogP contribution in [0.3, 0.4) is 0 Å². The summed E-state index contributed by atoms with van der Waals surface area (Å²) in [5, 5.41) is 10.8. The zero-order chi connectivity index (χ0) is 33.2. The maximum atomic E-state index is 14.1. The molecule has 0 saturated heterocycles. The first-order valence-corrected chi connectivity index (χ1v) is 15.2. The summed E-state index contributed by atoms with van der Waals surface area (Å²) in [4.78, 5) is 39.3. The number of nitrogens with zero attached hydrogens (tertiary/aromatic N) is 4. The van der Waals surface area contributed by atoms with Gasteiger partial charge in [0.2, 0.25) is 0 Å². The Labute approximate surface area is 268 Å². The highest BCUT2D eigenvalue weighted by molar-refractivity contribution is 6.10. The maximum absolute atomic E-state index is 14.1. The van der Waals surface area contributed by atoms with Gasteiger partial charge in [-0.25, -0.2) is 4.39 Å². The molecule has 8 nitrogen and oxygen atoms in total. The third-order valence-electron chi connectivity index (χ3n) is 7.84. The molecule has 0 unspecified atom stereocenters. The Bertz CT molecular complexity index is 1870. The minimum Gasteiger partial charge on any atom is -0.487 e. The zero-order valence-electron chi connectivity index (χ0n) is 27.1. The average Bonchev–Trinajstić information content (AvgIpc) is 3.28. The predicted octanol–water partition coefficient (Wildman–Crippen LogP) is 7.84. The number of carbonyl (C=O) groups is 2. The van der Waals surface area contributed by atoms with Crippen molar-refractivity contribution in [3.8, 4) is 17.0 Å². The molecule has 3 aromatic heterocycles. The number of hydrogen-bond donors (Lipinski definition) is 1. The highest BCUT2D eigenvalue weighted by atomic mass is 19.1. The molecule has 0 aliphatic rings. The standard InChI is InChI=1S/C37H39FN4O4/c1-23-18-40-27(20-39-23)22-46-28-12-14-31-29(15-28)34(33(43)17-36(2,3)4)32(16-37(5,6)35(44)45)42(31)21-24-7-9-25(10-8-24)30-13-11-26(38)19-41-30/h7-15,18-20H,16-17,21-22H2,1-6H3,(H,44,45). The largest absolute Gasteiger partial charge is 0.487 e. The Hall–Kier alpha value is -4.92. The summed E-state index contributed by atoms with van der Waals surface area (Å²) in [5.41, 5.74) is 4.51. The number of carboxylic acid groups (broad SMARTS) is 1. The number of Topliss-reactive ketones (excluding diaryl/α,β-unsaturated/α-hetero) is 1. The topological polar surface area (TPSA) is 107 Å². The quantitative estimate of drug-likeness (QED) is 0.150. The minimum absolute atomic E-state index is 0.0493. The van der Waals surface area contributed by atoms with Gasteiger partial charge in [0.05, 0.1) is 34.9 Å². The van der Waals surface area contributed by atoms with Gasteiger partial charge < -0.3 is 14.4 Å². The first-order valence-electron chi connectivity index (χ1n) is 15.2. The van der Waals surface area contributed by atoms with Crippen LogP contribution in [0.5, 0.6) is 5.75 Å². The molecule has 0 atom stereocenters. The fourth-order valence-electron chi connectivity index (χ4n) is 5.38. The monoisotopic (exact) mass is 622 g/mol. The molecule has 9 heteroatoms. The van der Waals surface area contributed by atoms with Crippen molar-refractivity contribution in [1.82, 2.24) is 19.5 Å². The van der Waals surface area contributed by atoms with E-state index in [1.54, 1.807) is 32.3 Å². The van der Waals surface area contributed by atoms with Gasteiger partial charge in [-0.15, -0.1) is 0 Å². The molecule has 0 aliphatic carbocycles. The molecule has 5 rings (SSSR count). The molecule has 5 aromatic rings. The van der Waals surface area contributed by atoms with Gasteiger partial charge in [-0.1, -0.05) is 45.0 Å². The lowest BCUT2D eigenvalue weighted by molar-refractivity contribution is -0.146. The summed E-state index contributed by atoms with van der Waals surface area (Å²) in [7, 11) is 0. The molecule has 46 heavy (non-hydrogen) atoms. The Balaban J connectivity index is 1.61. The first kappa shape index (κ1) is 32.5. The van der Waals surface area contributed by atoms with Gasteiger partial charge in [-0.2, -0.15) is 0 Å². The molecule has 0 bridgehead atoms. The lowest BCUT2D eigenvalue weighted by atomic mass is 9.83. The minimum atomic E-state index is -1.13. The van der Waals surface area contributed by atoms with Crippen molar-refractivity contribution in [2.75, 3.05) is 0 Å². The van der Waals surface area contributed by atoms with Crippen molar-refractivity contribution in [3.63, 3.8) is 0 Å². The van der Waals surface area contributed by atoms with Crippen molar-refractivity contribution in [1.29, 1.82) is 0 Å². The highest BCUT2D eigenvalue weighted by Gasteiger charge is 2.34. The van der Waals surface area contributed by atoms with E-state index in [0.29, 0.717) is 40.3 Å². The third-order valence-corrected chi connectivity index (χ3v) is 7.84. The fraction of sp³-hybridized carbons (Fsp3) is 0.324. The van der Waals surface area contributed by atoms with Gasteiger partial charge in [0.15, 0.2) is 5.78 Å². The molecule has 0 saturated carbocycles. The van der Waals surface area contributed by atoms with Gasteiger partial charge in [0.1, 0.15) is 18.2 Å². The Morgan fingerprint density at radius 2 is 1.65 bits per heavy atom. The van der Waals surface area contributed by atoms with E-state index < -0.39 is 17.2 Å². The van der Waals surface area contributed by atoms with Crippen LogP contribution in [0.25, 0.3) is 22.2 Å². The normalized spacial score (nSPS) is 12.0. The van der Waals surface area contributed by atoms with Crippen LogP contribution in [0.2, 0.25) is 0 Å². The third kappa shape index (κ3) is 7.47. The molecule has 0 spiro atoms. The Morgan fingerprint density at radius 1 is 0.913 bits per heavy atom. The summed E-state index contributed by atoms with van der Waals surface area (Å²) >= 11 is 0. The number of hydrogen-bond acceptors (Lipinski definition) is 6.